The number of carboxylic acid groups (broad SMARTS) is 1. The third-order valence-corrected chi connectivity index (χ3v) is 3.40. The lowest BCUT2D eigenvalue weighted by Gasteiger charge is -2.15. The van der Waals surface area contributed by atoms with Crippen LogP contribution < -0.4 is 5.32 Å². The average molecular weight is 279 g/mol. The monoisotopic (exact) mass is 279 g/mol. The summed E-state index contributed by atoms with van der Waals surface area (Å²) in [6.45, 7) is 1.91. The van der Waals surface area contributed by atoms with Crippen molar-refractivity contribution in [2.45, 2.75) is 32.2 Å². The van der Waals surface area contributed by atoms with E-state index in [0.29, 0.717) is 31.6 Å². The molecular weight excluding hydrogens is 262 g/mol. The van der Waals surface area contributed by atoms with Crippen LogP contribution in [0.4, 0.5) is 0 Å². The molecule has 1 aliphatic heterocycles. The predicted molar refractivity (Wildman–Crippen MR) is 64.2 cm³/mol. The molecule has 0 aliphatic carbocycles. The fraction of sp³-hybridized carbons (Fsp3) is 0.778. The van der Waals surface area contributed by atoms with Crippen molar-refractivity contribution in [3.8, 4) is 0 Å². The van der Waals surface area contributed by atoms with E-state index in [-0.39, 0.29) is 0 Å². The molecule has 18 heavy (non-hydrogen) atoms. The van der Waals surface area contributed by atoms with Crippen molar-refractivity contribution in [1.29, 1.82) is 0 Å². The minimum atomic E-state index is -3.81. The Balaban J connectivity index is 2.28. The van der Waals surface area contributed by atoms with Gasteiger partial charge in [0.1, 0.15) is 11.9 Å². The van der Waals surface area contributed by atoms with Gasteiger partial charge in [-0.2, -0.15) is 8.42 Å². The molecule has 2 N–H and O–H groups in total. The summed E-state index contributed by atoms with van der Waals surface area (Å²) in [5.41, 5.74) is 0. The van der Waals surface area contributed by atoms with Gasteiger partial charge >= 0.3 is 16.3 Å². The Hall–Kier alpha value is -1.19. The summed E-state index contributed by atoms with van der Waals surface area (Å²) in [4.78, 5) is 10.7. The Morgan fingerprint density at radius 3 is 2.67 bits per heavy atom. The third-order valence-electron chi connectivity index (χ3n) is 2.54. The topological polar surface area (TPSA) is 108 Å². The van der Waals surface area contributed by atoms with Crippen LogP contribution in [0.1, 0.15) is 26.2 Å². The van der Waals surface area contributed by atoms with Crippen LogP contribution in [0.2, 0.25) is 0 Å². The van der Waals surface area contributed by atoms with Gasteiger partial charge in [-0.3, -0.25) is 4.79 Å². The van der Waals surface area contributed by atoms with Gasteiger partial charge in [0.15, 0.2) is 0 Å². The number of hydrogen-bond acceptors (Lipinski definition) is 6. The number of likely N-dealkylation sites (N-methyl/N-ethyl adjacent to an activating group) is 1. The molecule has 0 saturated carbocycles. The Morgan fingerprint density at radius 2 is 2.22 bits per heavy atom. The summed E-state index contributed by atoms with van der Waals surface area (Å²) < 4.78 is 29.9. The number of amidine groups is 1. The molecule has 0 spiro atoms. The van der Waals surface area contributed by atoms with Crippen molar-refractivity contribution >= 4 is 22.1 Å². The Bertz CT molecular complexity index is 433. The normalized spacial score (nSPS) is 19.7. The highest BCUT2D eigenvalue weighted by Crippen LogP contribution is 2.13. The minimum absolute atomic E-state index is 0.290. The van der Waals surface area contributed by atoms with Crippen molar-refractivity contribution in [2.75, 3.05) is 13.6 Å². The number of unbranched alkanes of at least 4 members (excludes halogenated alkanes) is 1. The van der Waals surface area contributed by atoms with Gasteiger partial charge in [-0.05, 0) is 33.2 Å². The standard InChI is InChI=1S/C9H17N3O5S/c1-7-11-18(15,16)17-12(7)6-4-3-5-8(10-2)9(13)14/h8,10H,3-6H2,1-2H3,(H,13,14). The van der Waals surface area contributed by atoms with Crippen LogP contribution >= 0.6 is 0 Å². The molecule has 0 saturated heterocycles. The molecule has 1 rings (SSSR count). The van der Waals surface area contributed by atoms with Crippen molar-refractivity contribution in [3.05, 3.63) is 0 Å². The van der Waals surface area contributed by atoms with Crippen LogP contribution in [0.5, 0.6) is 0 Å². The van der Waals surface area contributed by atoms with E-state index in [1.807, 2.05) is 0 Å². The molecule has 1 unspecified atom stereocenters. The molecule has 0 aromatic heterocycles. The first-order chi connectivity index (χ1) is 8.35. The van der Waals surface area contributed by atoms with E-state index in [1.54, 1.807) is 7.05 Å². The van der Waals surface area contributed by atoms with Gasteiger partial charge < -0.3 is 10.4 Å². The van der Waals surface area contributed by atoms with E-state index in [9.17, 15) is 13.2 Å². The van der Waals surface area contributed by atoms with E-state index in [4.69, 9.17) is 5.11 Å². The highest BCUT2D eigenvalue weighted by Gasteiger charge is 2.26. The van der Waals surface area contributed by atoms with Crippen LogP contribution in [-0.4, -0.2) is 50.0 Å². The Kier molecular flexibility index (Phi) is 5.05. The van der Waals surface area contributed by atoms with E-state index in [1.165, 1.54) is 12.0 Å². The molecule has 0 bridgehead atoms. The van der Waals surface area contributed by atoms with Crippen LogP contribution in [0, 0.1) is 0 Å². The maximum Gasteiger partial charge on any atom is 0.403 e. The molecule has 8 nitrogen and oxygen atoms in total. The number of hydroxylamine groups is 2. The van der Waals surface area contributed by atoms with Gasteiger partial charge in [0, 0.05) is 6.54 Å². The van der Waals surface area contributed by atoms with Gasteiger partial charge in [0.05, 0.1) is 0 Å². The quantitative estimate of drug-likeness (QED) is 0.618. The van der Waals surface area contributed by atoms with E-state index in [2.05, 4.69) is 14.0 Å². The third kappa shape index (κ3) is 4.24. The second-order valence-corrected chi connectivity index (χ2v) is 5.11. The smallest absolute Gasteiger partial charge is 0.403 e. The molecule has 9 heteroatoms. The molecule has 0 aromatic rings. The summed E-state index contributed by atoms with van der Waals surface area (Å²) in [5.74, 6) is -0.603. The summed E-state index contributed by atoms with van der Waals surface area (Å²) >= 11 is 0. The lowest BCUT2D eigenvalue weighted by Crippen LogP contribution is -2.34. The number of hydrogen-bond donors (Lipinski definition) is 2. The summed E-state index contributed by atoms with van der Waals surface area (Å²) in [7, 11) is -2.22. The molecule has 0 radical (unpaired) electrons. The van der Waals surface area contributed by atoms with Crippen LogP contribution in [0.25, 0.3) is 0 Å². The molecule has 1 atom stereocenters. The first kappa shape index (κ1) is 14.9. The first-order valence-corrected chi connectivity index (χ1v) is 6.91. The summed E-state index contributed by atoms with van der Waals surface area (Å²) in [6, 6.07) is -0.581. The van der Waals surface area contributed by atoms with Gasteiger partial charge in [0.25, 0.3) is 0 Å². The first-order valence-electron chi connectivity index (χ1n) is 5.54. The van der Waals surface area contributed by atoms with Crippen molar-refractivity contribution < 1.29 is 22.6 Å². The van der Waals surface area contributed by atoms with Gasteiger partial charge in [-0.25, -0.2) is 5.06 Å². The number of carbonyl (C=O) groups is 1. The zero-order valence-electron chi connectivity index (χ0n) is 10.3. The van der Waals surface area contributed by atoms with Gasteiger partial charge in [-0.1, -0.05) is 0 Å². The number of aliphatic carboxylic acids is 1. The van der Waals surface area contributed by atoms with Crippen LogP contribution in [-0.2, 0) is 19.4 Å². The van der Waals surface area contributed by atoms with E-state index in [0.717, 1.165) is 0 Å². The minimum Gasteiger partial charge on any atom is -0.480 e. The lowest BCUT2D eigenvalue weighted by atomic mass is 10.1. The summed E-state index contributed by atoms with van der Waals surface area (Å²) in [6.07, 6.45) is 1.74. The second-order valence-electron chi connectivity index (χ2n) is 3.92. The van der Waals surface area contributed by atoms with Crippen molar-refractivity contribution in [1.82, 2.24) is 10.4 Å². The molecule has 0 fully saturated rings. The largest absolute Gasteiger partial charge is 0.480 e. The summed E-state index contributed by atoms with van der Waals surface area (Å²) in [5, 5.41) is 12.7. The fourth-order valence-electron chi connectivity index (χ4n) is 1.59. The lowest BCUT2D eigenvalue weighted by molar-refractivity contribution is -0.139. The highest BCUT2D eigenvalue weighted by atomic mass is 32.2. The number of rotatable bonds is 7. The number of nitrogens with one attached hydrogen (secondary N) is 1. The second kappa shape index (κ2) is 6.12. The van der Waals surface area contributed by atoms with Gasteiger partial charge in [0.2, 0.25) is 0 Å². The van der Waals surface area contributed by atoms with Crippen molar-refractivity contribution in [3.63, 3.8) is 0 Å². The Morgan fingerprint density at radius 1 is 1.56 bits per heavy atom. The maximum atomic E-state index is 11.0. The van der Waals surface area contributed by atoms with Crippen LogP contribution in [0.3, 0.4) is 0 Å². The Labute approximate surface area is 106 Å². The fourth-order valence-corrected chi connectivity index (χ4v) is 2.44. The molecule has 104 valence electrons. The number of nitrogens with zero attached hydrogens (tertiary/aromatic N) is 2. The highest BCUT2D eigenvalue weighted by molar-refractivity contribution is 7.85. The van der Waals surface area contributed by atoms with Crippen molar-refractivity contribution in [2.24, 2.45) is 4.40 Å². The molecular formula is C9H17N3O5S. The molecule has 0 aromatic carbocycles. The average Bonchev–Trinajstić information content (AvgIpc) is 2.51. The molecule has 1 aliphatic rings. The van der Waals surface area contributed by atoms with Crippen LogP contribution in [0.15, 0.2) is 4.40 Å². The molecule has 0 amide bonds. The van der Waals surface area contributed by atoms with E-state index < -0.39 is 22.3 Å². The zero-order valence-corrected chi connectivity index (χ0v) is 11.1. The SMILES string of the molecule is CNC(CCCCN1OS(=O)(=O)N=C1C)C(=O)O. The molecule has 1 heterocycles. The van der Waals surface area contributed by atoms with Gasteiger partial charge in [-0.15, -0.1) is 8.68 Å². The number of carboxylic acids is 1. The predicted octanol–water partition coefficient (Wildman–Crippen LogP) is -0.260. The maximum absolute atomic E-state index is 11.0. The van der Waals surface area contributed by atoms with E-state index >= 15 is 0 Å². The zero-order chi connectivity index (χ0) is 13.8.